The van der Waals surface area contributed by atoms with Crippen molar-refractivity contribution in [3.63, 3.8) is 0 Å². The zero-order valence-corrected chi connectivity index (χ0v) is 22.2. The molecule has 0 unspecified atom stereocenters. The molecule has 0 saturated heterocycles. The Balaban J connectivity index is 1.59. The summed E-state index contributed by atoms with van der Waals surface area (Å²) in [7, 11) is -3.60. The number of para-hydroxylation sites is 1. The van der Waals surface area contributed by atoms with Crippen LogP contribution >= 0.6 is 0 Å². The minimum atomic E-state index is -3.60. The van der Waals surface area contributed by atoms with Gasteiger partial charge in [0.05, 0.1) is 10.6 Å². The summed E-state index contributed by atoms with van der Waals surface area (Å²) < 4.78 is 28.0. The number of nitrogens with zero attached hydrogens (tertiary/aromatic N) is 1. The standard InChI is InChI=1S/C30H46NO2S/c1-2-3-4-5-6-7-8-9-10-11-12-13-14-15-16-23-28-31(29-24-19-17-20-25-29)34(32,33)30-26-21-18-22-27-30/h17-22,24-26H,2-16,23,28H2,1H3. The smallest absolute Gasteiger partial charge is 0.264 e. The van der Waals surface area contributed by atoms with Gasteiger partial charge in [0.25, 0.3) is 10.0 Å². The van der Waals surface area contributed by atoms with Crippen LogP contribution in [0.3, 0.4) is 0 Å². The molecule has 189 valence electrons. The van der Waals surface area contributed by atoms with E-state index in [1.54, 1.807) is 28.6 Å². The first kappa shape index (κ1) is 28.4. The number of rotatable bonds is 20. The van der Waals surface area contributed by atoms with Crippen LogP contribution in [0.25, 0.3) is 0 Å². The Bertz CT molecular complexity index is 837. The average molecular weight is 485 g/mol. The fraction of sp³-hybridized carbons (Fsp3) is 0.600. The molecule has 4 heteroatoms. The predicted molar refractivity (Wildman–Crippen MR) is 146 cm³/mol. The molecule has 2 aromatic carbocycles. The molecule has 0 heterocycles. The van der Waals surface area contributed by atoms with Crippen LogP contribution in [0.5, 0.6) is 0 Å². The maximum Gasteiger partial charge on any atom is 0.264 e. The SMILES string of the molecule is CCCCCCCCCCCCCCCCCCN(c1ccccc1)S(=O)(=O)c1[c]cccc1. The Hall–Kier alpha value is -1.81. The van der Waals surface area contributed by atoms with Gasteiger partial charge >= 0.3 is 0 Å². The number of hydrogen-bond acceptors (Lipinski definition) is 2. The first-order chi connectivity index (χ1) is 16.7. The second-order valence-corrected chi connectivity index (χ2v) is 11.3. The number of benzene rings is 2. The highest BCUT2D eigenvalue weighted by Gasteiger charge is 2.24. The molecule has 0 saturated carbocycles. The fourth-order valence-electron chi connectivity index (χ4n) is 4.44. The molecule has 2 rings (SSSR count). The normalized spacial score (nSPS) is 11.6. The fourth-order valence-corrected chi connectivity index (χ4v) is 5.92. The molecule has 0 aliphatic heterocycles. The maximum atomic E-state index is 13.2. The van der Waals surface area contributed by atoms with Crippen molar-refractivity contribution < 1.29 is 8.42 Å². The van der Waals surface area contributed by atoms with Gasteiger partial charge in [0.2, 0.25) is 0 Å². The van der Waals surface area contributed by atoms with E-state index in [4.69, 9.17) is 0 Å². The van der Waals surface area contributed by atoms with E-state index in [9.17, 15) is 8.42 Å². The van der Waals surface area contributed by atoms with Crippen molar-refractivity contribution in [1.82, 2.24) is 0 Å². The van der Waals surface area contributed by atoms with Crippen molar-refractivity contribution >= 4 is 15.7 Å². The quantitative estimate of drug-likeness (QED) is 0.176. The van der Waals surface area contributed by atoms with Crippen LogP contribution in [0.4, 0.5) is 5.69 Å². The maximum absolute atomic E-state index is 13.2. The highest BCUT2D eigenvalue weighted by Crippen LogP contribution is 2.24. The van der Waals surface area contributed by atoms with E-state index in [2.05, 4.69) is 13.0 Å². The van der Waals surface area contributed by atoms with E-state index in [1.807, 2.05) is 30.3 Å². The first-order valence-corrected chi connectivity index (χ1v) is 15.1. The third-order valence-corrected chi connectivity index (χ3v) is 8.29. The van der Waals surface area contributed by atoms with Gasteiger partial charge in [0.1, 0.15) is 0 Å². The molecule has 0 atom stereocenters. The van der Waals surface area contributed by atoms with Crippen molar-refractivity contribution in [1.29, 1.82) is 0 Å². The van der Waals surface area contributed by atoms with Gasteiger partial charge in [-0.25, -0.2) is 8.42 Å². The van der Waals surface area contributed by atoms with Gasteiger partial charge in [0.15, 0.2) is 0 Å². The highest BCUT2D eigenvalue weighted by molar-refractivity contribution is 7.92. The summed E-state index contributed by atoms with van der Waals surface area (Å²) in [6, 6.07) is 19.1. The Labute approximate surface area is 210 Å². The van der Waals surface area contributed by atoms with Crippen LogP contribution in [0.1, 0.15) is 110 Å². The lowest BCUT2D eigenvalue weighted by atomic mass is 10.0. The molecule has 0 aliphatic carbocycles. The third-order valence-electron chi connectivity index (χ3n) is 6.51. The molecule has 0 N–H and O–H groups in total. The number of hydrogen-bond donors (Lipinski definition) is 0. The van der Waals surface area contributed by atoms with Crippen LogP contribution in [0.2, 0.25) is 0 Å². The summed E-state index contributed by atoms with van der Waals surface area (Å²) in [5.74, 6) is 0. The van der Waals surface area contributed by atoms with E-state index < -0.39 is 10.0 Å². The van der Waals surface area contributed by atoms with Crippen molar-refractivity contribution in [2.24, 2.45) is 0 Å². The lowest BCUT2D eigenvalue weighted by molar-refractivity contribution is 0.529. The Morgan fingerprint density at radius 1 is 0.618 bits per heavy atom. The van der Waals surface area contributed by atoms with Gasteiger partial charge in [-0.15, -0.1) is 0 Å². The van der Waals surface area contributed by atoms with Crippen molar-refractivity contribution in [3.05, 3.63) is 60.7 Å². The second kappa shape index (κ2) is 17.6. The van der Waals surface area contributed by atoms with Crippen LogP contribution in [-0.4, -0.2) is 15.0 Å². The van der Waals surface area contributed by atoms with Gasteiger partial charge in [-0.05, 0) is 24.6 Å². The van der Waals surface area contributed by atoms with Crippen LogP contribution in [-0.2, 0) is 10.0 Å². The van der Waals surface area contributed by atoms with Crippen LogP contribution in [0.15, 0.2) is 59.5 Å². The zero-order valence-electron chi connectivity index (χ0n) is 21.4. The minimum absolute atomic E-state index is 0.232. The largest absolute Gasteiger partial charge is 0.266 e. The van der Waals surface area contributed by atoms with Gasteiger partial charge in [-0.1, -0.05) is 140 Å². The zero-order chi connectivity index (χ0) is 24.3. The summed E-state index contributed by atoms with van der Waals surface area (Å²) in [6.07, 6.45) is 21.0. The van der Waals surface area contributed by atoms with Crippen LogP contribution in [0, 0.1) is 6.07 Å². The minimum Gasteiger partial charge on any atom is -0.266 e. The van der Waals surface area contributed by atoms with E-state index in [1.165, 1.54) is 89.9 Å². The summed E-state index contributed by atoms with van der Waals surface area (Å²) in [5, 5.41) is 0. The molecule has 2 aromatic rings. The first-order valence-electron chi connectivity index (χ1n) is 13.7. The molecule has 34 heavy (non-hydrogen) atoms. The lowest BCUT2D eigenvalue weighted by Crippen LogP contribution is -2.32. The molecule has 0 spiro atoms. The van der Waals surface area contributed by atoms with E-state index in [-0.39, 0.29) is 4.90 Å². The van der Waals surface area contributed by atoms with E-state index in [0.29, 0.717) is 6.54 Å². The number of sulfonamides is 1. The summed E-state index contributed by atoms with van der Waals surface area (Å²) in [5.41, 5.74) is 0.723. The summed E-state index contributed by atoms with van der Waals surface area (Å²) in [6.45, 7) is 2.78. The topological polar surface area (TPSA) is 37.4 Å². The predicted octanol–water partition coefficient (Wildman–Crippen LogP) is 8.94. The van der Waals surface area contributed by atoms with Gasteiger partial charge in [-0.3, -0.25) is 4.31 Å². The van der Waals surface area contributed by atoms with Gasteiger partial charge < -0.3 is 0 Å². The Morgan fingerprint density at radius 2 is 1.09 bits per heavy atom. The molecule has 3 nitrogen and oxygen atoms in total. The molecule has 0 aliphatic rings. The lowest BCUT2D eigenvalue weighted by Gasteiger charge is -2.24. The summed E-state index contributed by atoms with van der Waals surface area (Å²) in [4.78, 5) is 0.232. The van der Waals surface area contributed by atoms with Crippen molar-refractivity contribution in [2.45, 2.75) is 115 Å². The molecule has 0 fully saturated rings. The second-order valence-electron chi connectivity index (χ2n) is 9.44. The third kappa shape index (κ3) is 11.1. The molecular weight excluding hydrogens is 438 g/mol. The van der Waals surface area contributed by atoms with Crippen LogP contribution < -0.4 is 4.31 Å². The number of anilines is 1. The average Bonchev–Trinajstić information content (AvgIpc) is 2.87. The van der Waals surface area contributed by atoms with E-state index in [0.717, 1.165) is 18.5 Å². The van der Waals surface area contributed by atoms with Crippen molar-refractivity contribution in [3.8, 4) is 0 Å². The Morgan fingerprint density at radius 3 is 1.56 bits per heavy atom. The van der Waals surface area contributed by atoms with Gasteiger partial charge in [-0.2, -0.15) is 0 Å². The molecule has 0 amide bonds. The van der Waals surface area contributed by atoms with Crippen molar-refractivity contribution in [2.75, 3.05) is 10.8 Å². The van der Waals surface area contributed by atoms with E-state index >= 15 is 0 Å². The molecular formula is C30H46NO2S. The molecule has 0 bridgehead atoms. The summed E-state index contributed by atoms with van der Waals surface area (Å²) >= 11 is 0. The van der Waals surface area contributed by atoms with Gasteiger partial charge in [0, 0.05) is 12.6 Å². The molecule has 1 radical (unpaired) electrons. The number of unbranched alkanes of at least 4 members (excludes halogenated alkanes) is 15. The Kier molecular flexibility index (Phi) is 14.7. The monoisotopic (exact) mass is 484 g/mol. The highest BCUT2D eigenvalue weighted by atomic mass is 32.2. The molecule has 0 aromatic heterocycles.